The Bertz CT molecular complexity index is 693. The minimum Gasteiger partial charge on any atom is -0.336 e. The molecule has 1 fully saturated rings. The number of H-pyrrole nitrogens is 1. The third-order valence-corrected chi connectivity index (χ3v) is 4.76. The third-order valence-electron chi connectivity index (χ3n) is 4.76. The molecule has 0 saturated carbocycles. The smallest absolute Gasteiger partial charge is 0.223 e. The van der Waals surface area contributed by atoms with E-state index in [2.05, 4.69) is 10.2 Å². The van der Waals surface area contributed by atoms with Crippen LogP contribution in [0, 0.1) is 19.7 Å². The summed E-state index contributed by atoms with van der Waals surface area (Å²) in [6, 6.07) is 6.57. The molecule has 0 unspecified atom stereocenters. The summed E-state index contributed by atoms with van der Waals surface area (Å²) in [5.74, 6) is -0.0918. The molecular formula is C18H22FN3O. The van der Waals surface area contributed by atoms with Crippen molar-refractivity contribution in [3.8, 4) is 0 Å². The lowest BCUT2D eigenvalue weighted by molar-refractivity contribution is -0.132. The minimum atomic E-state index is -0.242. The van der Waals surface area contributed by atoms with Crippen LogP contribution >= 0.6 is 0 Å². The Balaban J connectivity index is 1.66. The van der Waals surface area contributed by atoms with Gasteiger partial charge < -0.3 is 4.90 Å². The number of nitrogens with one attached hydrogen (secondary N) is 1. The standard InChI is InChI=1S/C18H22FN3O/c1-12-13(2)20-21-16(12)9-10-18(23)22-11-3-4-17(22)14-5-7-15(19)8-6-14/h5-8,17H,3-4,9-11H2,1-2H3,(H,20,21)/t17-/m0/s1. The predicted octanol–water partition coefficient (Wildman–Crippen LogP) is 3.46. The molecule has 0 aliphatic carbocycles. The van der Waals surface area contributed by atoms with E-state index in [0.717, 1.165) is 41.9 Å². The number of halogens is 1. The summed E-state index contributed by atoms with van der Waals surface area (Å²) >= 11 is 0. The minimum absolute atomic E-state index is 0.0742. The molecular weight excluding hydrogens is 293 g/mol. The van der Waals surface area contributed by atoms with Crippen molar-refractivity contribution in [1.29, 1.82) is 0 Å². The lowest BCUT2D eigenvalue weighted by Gasteiger charge is -2.25. The fourth-order valence-electron chi connectivity index (χ4n) is 3.24. The van der Waals surface area contributed by atoms with E-state index in [1.165, 1.54) is 12.1 Å². The quantitative estimate of drug-likeness (QED) is 0.939. The second-order valence-electron chi connectivity index (χ2n) is 6.22. The average Bonchev–Trinajstić information content (AvgIpc) is 3.15. The van der Waals surface area contributed by atoms with E-state index < -0.39 is 0 Å². The van der Waals surface area contributed by atoms with Crippen molar-refractivity contribution in [2.45, 2.75) is 45.6 Å². The zero-order valence-corrected chi connectivity index (χ0v) is 13.6. The summed E-state index contributed by atoms with van der Waals surface area (Å²) in [5.41, 5.74) is 4.17. The molecule has 0 radical (unpaired) electrons. The summed E-state index contributed by atoms with van der Waals surface area (Å²) in [6.07, 6.45) is 3.05. The van der Waals surface area contributed by atoms with Gasteiger partial charge in [-0.05, 0) is 49.9 Å². The maximum absolute atomic E-state index is 13.1. The second-order valence-corrected chi connectivity index (χ2v) is 6.22. The predicted molar refractivity (Wildman–Crippen MR) is 86.5 cm³/mol. The number of carbonyl (C=O) groups is 1. The van der Waals surface area contributed by atoms with Gasteiger partial charge in [-0.15, -0.1) is 0 Å². The molecule has 1 aliphatic heterocycles. The van der Waals surface area contributed by atoms with Gasteiger partial charge in [-0.2, -0.15) is 5.10 Å². The molecule has 1 N–H and O–H groups in total. The molecule has 4 nitrogen and oxygen atoms in total. The molecule has 1 amide bonds. The molecule has 1 aromatic carbocycles. The molecule has 3 rings (SSSR count). The summed E-state index contributed by atoms with van der Waals surface area (Å²) in [5, 5.41) is 7.22. The van der Waals surface area contributed by atoms with E-state index in [0.29, 0.717) is 12.8 Å². The summed E-state index contributed by atoms with van der Waals surface area (Å²) in [6.45, 7) is 4.79. The SMILES string of the molecule is Cc1[nH]nc(CCC(=O)N2CCC[C@H]2c2ccc(F)cc2)c1C. The lowest BCUT2D eigenvalue weighted by Crippen LogP contribution is -2.30. The lowest BCUT2D eigenvalue weighted by atomic mass is 10.0. The Kier molecular flexibility index (Phi) is 4.46. The van der Waals surface area contributed by atoms with Gasteiger partial charge >= 0.3 is 0 Å². The highest BCUT2D eigenvalue weighted by molar-refractivity contribution is 5.77. The normalized spacial score (nSPS) is 17.7. The Morgan fingerprint density at radius 2 is 2.09 bits per heavy atom. The number of hydrogen-bond acceptors (Lipinski definition) is 2. The maximum atomic E-state index is 13.1. The van der Waals surface area contributed by atoms with Crippen LogP contribution in [0.4, 0.5) is 4.39 Å². The molecule has 0 spiro atoms. The highest BCUT2D eigenvalue weighted by Gasteiger charge is 2.29. The molecule has 122 valence electrons. The maximum Gasteiger partial charge on any atom is 0.223 e. The van der Waals surface area contributed by atoms with Crippen molar-refractivity contribution in [1.82, 2.24) is 15.1 Å². The number of aryl methyl sites for hydroxylation is 2. The number of amides is 1. The van der Waals surface area contributed by atoms with Crippen LogP contribution in [0.5, 0.6) is 0 Å². The highest BCUT2D eigenvalue weighted by Crippen LogP contribution is 2.32. The van der Waals surface area contributed by atoms with E-state index >= 15 is 0 Å². The summed E-state index contributed by atoms with van der Waals surface area (Å²) in [7, 11) is 0. The van der Waals surface area contributed by atoms with E-state index in [9.17, 15) is 9.18 Å². The summed E-state index contributed by atoms with van der Waals surface area (Å²) < 4.78 is 13.1. The monoisotopic (exact) mass is 315 g/mol. The number of benzene rings is 1. The fraction of sp³-hybridized carbons (Fsp3) is 0.444. The van der Waals surface area contributed by atoms with Crippen LogP contribution in [0.3, 0.4) is 0 Å². The first-order valence-electron chi connectivity index (χ1n) is 8.11. The van der Waals surface area contributed by atoms with Crippen molar-refractivity contribution >= 4 is 5.91 Å². The van der Waals surface area contributed by atoms with E-state index in [1.54, 1.807) is 12.1 Å². The first-order valence-corrected chi connectivity index (χ1v) is 8.11. The Morgan fingerprint density at radius 1 is 1.35 bits per heavy atom. The van der Waals surface area contributed by atoms with Gasteiger partial charge in [0.05, 0.1) is 11.7 Å². The van der Waals surface area contributed by atoms with Gasteiger partial charge in [0.15, 0.2) is 0 Å². The fourth-order valence-corrected chi connectivity index (χ4v) is 3.24. The van der Waals surface area contributed by atoms with Crippen LogP contribution in [-0.4, -0.2) is 27.5 Å². The van der Waals surface area contributed by atoms with Crippen LogP contribution in [0.15, 0.2) is 24.3 Å². The van der Waals surface area contributed by atoms with Crippen LogP contribution in [-0.2, 0) is 11.2 Å². The molecule has 5 heteroatoms. The van der Waals surface area contributed by atoms with Gasteiger partial charge in [0, 0.05) is 25.1 Å². The van der Waals surface area contributed by atoms with Crippen molar-refractivity contribution in [2.24, 2.45) is 0 Å². The number of aromatic amines is 1. The topological polar surface area (TPSA) is 49.0 Å². The Labute approximate surface area is 135 Å². The van der Waals surface area contributed by atoms with E-state index in [4.69, 9.17) is 0 Å². The number of aromatic nitrogens is 2. The Hall–Kier alpha value is -2.17. The first kappa shape index (κ1) is 15.7. The molecule has 23 heavy (non-hydrogen) atoms. The van der Waals surface area contributed by atoms with Gasteiger partial charge in [-0.25, -0.2) is 4.39 Å². The molecule has 1 aliphatic rings. The summed E-state index contributed by atoms with van der Waals surface area (Å²) in [4.78, 5) is 14.5. The molecule has 2 heterocycles. The van der Waals surface area contributed by atoms with E-state index in [-0.39, 0.29) is 17.8 Å². The van der Waals surface area contributed by atoms with Crippen LogP contribution in [0.2, 0.25) is 0 Å². The van der Waals surface area contributed by atoms with Crippen molar-refractivity contribution in [3.05, 3.63) is 52.6 Å². The van der Waals surface area contributed by atoms with Gasteiger partial charge in [-0.3, -0.25) is 9.89 Å². The van der Waals surface area contributed by atoms with Gasteiger partial charge in [-0.1, -0.05) is 12.1 Å². The number of nitrogens with zero attached hydrogens (tertiary/aromatic N) is 2. The average molecular weight is 315 g/mol. The van der Waals surface area contributed by atoms with E-state index in [1.807, 2.05) is 18.7 Å². The van der Waals surface area contributed by atoms with Crippen LogP contribution < -0.4 is 0 Å². The molecule has 1 aromatic heterocycles. The van der Waals surface area contributed by atoms with Crippen molar-refractivity contribution in [2.75, 3.05) is 6.54 Å². The third kappa shape index (κ3) is 3.28. The first-order chi connectivity index (χ1) is 11.1. The van der Waals surface area contributed by atoms with Crippen LogP contribution in [0.1, 0.15) is 47.8 Å². The number of likely N-dealkylation sites (tertiary alicyclic amines) is 1. The highest BCUT2D eigenvalue weighted by atomic mass is 19.1. The second kappa shape index (κ2) is 6.52. The zero-order valence-electron chi connectivity index (χ0n) is 13.6. The number of carbonyl (C=O) groups excluding carboxylic acids is 1. The van der Waals surface area contributed by atoms with Crippen molar-refractivity contribution in [3.63, 3.8) is 0 Å². The number of rotatable bonds is 4. The Morgan fingerprint density at radius 3 is 2.74 bits per heavy atom. The molecule has 2 aromatic rings. The number of hydrogen-bond donors (Lipinski definition) is 1. The van der Waals surface area contributed by atoms with Gasteiger partial charge in [0.2, 0.25) is 5.91 Å². The van der Waals surface area contributed by atoms with Gasteiger partial charge in [0.1, 0.15) is 5.82 Å². The van der Waals surface area contributed by atoms with Crippen LogP contribution in [0.25, 0.3) is 0 Å². The molecule has 1 atom stereocenters. The van der Waals surface area contributed by atoms with Crippen molar-refractivity contribution < 1.29 is 9.18 Å². The largest absolute Gasteiger partial charge is 0.336 e. The molecule has 1 saturated heterocycles. The molecule has 0 bridgehead atoms. The zero-order chi connectivity index (χ0) is 16.4. The van der Waals surface area contributed by atoms with Gasteiger partial charge in [0.25, 0.3) is 0 Å².